The molecule has 8 heteroatoms. The predicted molar refractivity (Wildman–Crippen MR) is 78.0 cm³/mol. The van der Waals surface area contributed by atoms with Gasteiger partial charge in [0.05, 0.1) is 0 Å². The first kappa shape index (κ1) is 16.1. The summed E-state index contributed by atoms with van der Waals surface area (Å²) in [4.78, 5) is 5.89. The van der Waals surface area contributed by atoms with Crippen molar-refractivity contribution in [3.05, 3.63) is 40.8 Å². The topological polar surface area (TPSA) is 24.8 Å². The van der Waals surface area contributed by atoms with Crippen molar-refractivity contribution in [3.63, 3.8) is 0 Å². The molecule has 0 N–H and O–H groups in total. The Balaban J connectivity index is 1.91. The molecule has 1 aromatic carbocycles. The van der Waals surface area contributed by atoms with Crippen molar-refractivity contribution >= 4 is 17.8 Å². The Morgan fingerprint density at radius 2 is 2.09 bits per heavy atom. The number of aliphatic imine (C=N–C) groups is 1. The third-order valence-corrected chi connectivity index (χ3v) is 4.40. The normalized spacial score (nSPS) is 24.2. The summed E-state index contributed by atoms with van der Waals surface area (Å²) >= 11 is 6.08. The van der Waals surface area contributed by atoms with Gasteiger partial charge in [0.15, 0.2) is 5.62 Å². The number of alkyl halides is 4. The van der Waals surface area contributed by atoms with Gasteiger partial charge in [0, 0.05) is 30.9 Å². The molecule has 3 rings (SSSR count). The Morgan fingerprint density at radius 1 is 1.35 bits per heavy atom. The van der Waals surface area contributed by atoms with Crippen LogP contribution in [-0.4, -0.2) is 30.1 Å². The summed E-state index contributed by atoms with van der Waals surface area (Å²) in [6, 6.07) is 3.22. The lowest BCUT2D eigenvalue weighted by atomic mass is 9.94. The molecule has 1 aliphatic heterocycles. The molecule has 0 fully saturated rings. The molecule has 0 radical (unpaired) electrons. The van der Waals surface area contributed by atoms with E-state index in [9.17, 15) is 17.6 Å². The average molecular weight is 349 g/mol. The molecule has 1 aliphatic carbocycles. The van der Waals surface area contributed by atoms with Gasteiger partial charge in [-0.25, -0.2) is 4.39 Å². The predicted octanol–water partition coefficient (Wildman–Crippen LogP) is 4.39. The van der Waals surface area contributed by atoms with Gasteiger partial charge in [-0.05, 0) is 30.0 Å². The zero-order valence-corrected chi connectivity index (χ0v) is 12.8. The first-order chi connectivity index (χ1) is 10.8. The number of allylic oxidation sites excluding steroid dienone is 2. The van der Waals surface area contributed by atoms with E-state index in [0.717, 1.165) is 29.8 Å². The molecule has 124 valence electrons. The van der Waals surface area contributed by atoms with E-state index in [4.69, 9.17) is 11.6 Å². The maximum Gasteiger partial charge on any atom is 0.573 e. The molecule has 1 heterocycles. The van der Waals surface area contributed by atoms with E-state index in [1.807, 2.05) is 0 Å². The molecule has 2 atom stereocenters. The smallest absolute Gasteiger partial charge is 0.406 e. The fraction of sp³-hybridized carbons (Fsp3) is 0.400. The number of ether oxygens (including phenoxy) is 1. The van der Waals surface area contributed by atoms with Gasteiger partial charge in [-0.3, -0.25) is 4.99 Å². The second-order valence-electron chi connectivity index (χ2n) is 5.43. The highest BCUT2D eigenvalue weighted by Gasteiger charge is 2.35. The van der Waals surface area contributed by atoms with Crippen LogP contribution in [0.1, 0.15) is 24.3 Å². The van der Waals surface area contributed by atoms with Crippen LogP contribution >= 0.6 is 11.6 Å². The average Bonchev–Trinajstić information content (AvgIpc) is 2.86. The summed E-state index contributed by atoms with van der Waals surface area (Å²) in [5.41, 5.74) is 1.61. The fourth-order valence-electron chi connectivity index (χ4n) is 3.05. The van der Waals surface area contributed by atoms with Crippen LogP contribution in [0.3, 0.4) is 0 Å². The Hall–Kier alpha value is -1.76. The standard InChI is InChI=1S/C15H13ClF4N2O/c1-22-13-8(7-21-14(22)16)2-4-11(13)10-5-3-9(6-12(10)17)23-15(18,19)20/h3,5-7,11,14H,2,4H2,1H3. The highest BCUT2D eigenvalue weighted by molar-refractivity contribution is 6.21. The lowest BCUT2D eigenvalue weighted by molar-refractivity contribution is -0.274. The molecule has 3 nitrogen and oxygen atoms in total. The van der Waals surface area contributed by atoms with Gasteiger partial charge in [-0.1, -0.05) is 17.7 Å². The molecule has 2 unspecified atom stereocenters. The number of likely N-dealkylation sites (N-methyl/N-ethyl adjacent to an activating group) is 1. The van der Waals surface area contributed by atoms with E-state index in [1.54, 1.807) is 18.2 Å². The molecule has 0 saturated carbocycles. The van der Waals surface area contributed by atoms with Gasteiger partial charge < -0.3 is 9.64 Å². The summed E-state index contributed by atoms with van der Waals surface area (Å²) in [5, 5.41) is 0. The Kier molecular flexibility index (Phi) is 4.00. The van der Waals surface area contributed by atoms with Crippen molar-refractivity contribution in [1.82, 2.24) is 4.90 Å². The molecule has 23 heavy (non-hydrogen) atoms. The Morgan fingerprint density at radius 3 is 2.74 bits per heavy atom. The van der Waals surface area contributed by atoms with Crippen LogP contribution in [-0.2, 0) is 0 Å². The number of nitrogens with zero attached hydrogens (tertiary/aromatic N) is 2. The van der Waals surface area contributed by atoms with Gasteiger partial charge in [0.2, 0.25) is 0 Å². The minimum absolute atomic E-state index is 0.261. The maximum atomic E-state index is 14.3. The quantitative estimate of drug-likeness (QED) is 0.450. The highest BCUT2D eigenvalue weighted by Crippen LogP contribution is 2.44. The van der Waals surface area contributed by atoms with Crippen molar-refractivity contribution in [3.8, 4) is 5.75 Å². The molecule has 0 saturated heterocycles. The fourth-order valence-corrected chi connectivity index (χ4v) is 3.21. The molecule has 1 aromatic rings. The van der Waals surface area contributed by atoms with Gasteiger partial charge in [-0.15, -0.1) is 13.2 Å². The largest absolute Gasteiger partial charge is 0.573 e. The Bertz CT molecular complexity index is 687. The van der Waals surface area contributed by atoms with Gasteiger partial charge in [0.1, 0.15) is 11.6 Å². The molecule has 0 spiro atoms. The number of halogens is 5. The zero-order chi connectivity index (χ0) is 16.8. The van der Waals surface area contributed by atoms with E-state index >= 15 is 0 Å². The SMILES string of the molecule is CN1C2=C(C=NC1Cl)CCC2c1ccc(OC(F)(F)F)cc1F. The second-order valence-corrected chi connectivity index (χ2v) is 5.82. The number of hydrogen-bond acceptors (Lipinski definition) is 3. The summed E-state index contributed by atoms with van der Waals surface area (Å²) in [6.45, 7) is 0. The first-order valence-electron chi connectivity index (χ1n) is 6.94. The van der Waals surface area contributed by atoms with Crippen LogP contribution in [0, 0.1) is 5.82 Å². The van der Waals surface area contributed by atoms with Crippen molar-refractivity contribution in [1.29, 1.82) is 0 Å². The van der Waals surface area contributed by atoms with Crippen LogP contribution in [0.2, 0.25) is 0 Å². The lowest BCUT2D eigenvalue weighted by Crippen LogP contribution is -2.30. The first-order valence-corrected chi connectivity index (χ1v) is 7.38. The third kappa shape index (κ3) is 3.15. The van der Waals surface area contributed by atoms with Gasteiger partial charge in [-0.2, -0.15) is 0 Å². The van der Waals surface area contributed by atoms with Crippen molar-refractivity contribution in [2.45, 2.75) is 30.7 Å². The van der Waals surface area contributed by atoms with Crippen molar-refractivity contribution < 1.29 is 22.3 Å². The van der Waals surface area contributed by atoms with Crippen LogP contribution in [0.4, 0.5) is 17.6 Å². The molecule has 2 aliphatic rings. The number of rotatable bonds is 2. The van der Waals surface area contributed by atoms with Crippen LogP contribution in [0.5, 0.6) is 5.75 Å². The van der Waals surface area contributed by atoms with Gasteiger partial charge >= 0.3 is 6.36 Å². The van der Waals surface area contributed by atoms with Crippen LogP contribution in [0.15, 0.2) is 34.5 Å². The van der Waals surface area contributed by atoms with Gasteiger partial charge in [0.25, 0.3) is 0 Å². The molecular weight excluding hydrogens is 336 g/mol. The molecule has 0 bridgehead atoms. The molecular formula is C15H13ClF4N2O. The molecule has 0 amide bonds. The summed E-state index contributed by atoms with van der Waals surface area (Å²) < 4.78 is 54.7. The van der Waals surface area contributed by atoms with E-state index < -0.39 is 23.6 Å². The second kappa shape index (κ2) is 5.70. The van der Waals surface area contributed by atoms with E-state index in [-0.39, 0.29) is 5.92 Å². The number of hydrogen-bond donors (Lipinski definition) is 0. The van der Waals surface area contributed by atoms with E-state index in [1.165, 1.54) is 6.07 Å². The maximum absolute atomic E-state index is 14.3. The number of benzene rings is 1. The van der Waals surface area contributed by atoms with Crippen molar-refractivity contribution in [2.75, 3.05) is 7.05 Å². The Labute approximate surface area is 135 Å². The van der Waals surface area contributed by atoms with Crippen LogP contribution in [0.25, 0.3) is 0 Å². The van der Waals surface area contributed by atoms with Crippen molar-refractivity contribution in [2.24, 2.45) is 4.99 Å². The van der Waals surface area contributed by atoms with E-state index in [2.05, 4.69) is 9.73 Å². The highest BCUT2D eigenvalue weighted by atomic mass is 35.5. The zero-order valence-electron chi connectivity index (χ0n) is 12.1. The minimum atomic E-state index is -4.84. The summed E-state index contributed by atoms with van der Waals surface area (Å²) in [6.07, 6.45) is -1.78. The van der Waals surface area contributed by atoms with Crippen LogP contribution < -0.4 is 4.74 Å². The monoisotopic (exact) mass is 348 g/mol. The summed E-state index contributed by atoms with van der Waals surface area (Å²) in [5.74, 6) is -1.56. The van der Waals surface area contributed by atoms with E-state index in [0.29, 0.717) is 12.0 Å². The summed E-state index contributed by atoms with van der Waals surface area (Å²) in [7, 11) is 1.76. The third-order valence-electron chi connectivity index (χ3n) is 4.00. The minimum Gasteiger partial charge on any atom is -0.406 e. The molecule has 0 aromatic heterocycles. The lowest BCUT2D eigenvalue weighted by Gasteiger charge is -2.31.